The van der Waals surface area contributed by atoms with Gasteiger partial charge in [-0.25, -0.2) is 4.79 Å². The largest absolute Gasteiger partial charge is 0.573 e. The number of alkyl halides is 6. The van der Waals surface area contributed by atoms with Gasteiger partial charge in [-0.2, -0.15) is 18.3 Å². The zero-order chi connectivity index (χ0) is 21.3. The summed E-state index contributed by atoms with van der Waals surface area (Å²) in [7, 11) is 0. The van der Waals surface area contributed by atoms with E-state index in [-0.39, 0.29) is 5.69 Å². The molecular weight excluding hydrogens is 400 g/mol. The first kappa shape index (κ1) is 21.1. The first-order valence-electron chi connectivity index (χ1n) is 7.31. The molecule has 0 aliphatic carbocycles. The van der Waals surface area contributed by atoms with Crippen molar-refractivity contribution >= 4 is 17.6 Å². The Labute approximate surface area is 152 Å². The average Bonchev–Trinajstić information content (AvgIpc) is 2.81. The van der Waals surface area contributed by atoms with Gasteiger partial charge in [-0.1, -0.05) is 6.07 Å². The van der Waals surface area contributed by atoms with Crippen molar-refractivity contribution < 1.29 is 45.8 Å². The lowest BCUT2D eigenvalue weighted by Crippen LogP contribution is -2.20. The molecule has 0 saturated carbocycles. The first-order valence-corrected chi connectivity index (χ1v) is 7.31. The van der Waals surface area contributed by atoms with Gasteiger partial charge >= 0.3 is 18.5 Å². The number of hydrogen-bond acceptors (Lipinski definition) is 4. The number of rotatable bonds is 5. The number of carboxylic acid groups (broad SMARTS) is 1. The van der Waals surface area contributed by atoms with E-state index in [2.05, 4.69) is 15.2 Å². The zero-order valence-corrected chi connectivity index (χ0v) is 13.9. The molecule has 0 saturated heterocycles. The summed E-state index contributed by atoms with van der Waals surface area (Å²) < 4.78 is 78.5. The standard InChI is InChI=1S/C15H11F6N3O4/c1-7-10(13(26)27)11(23-24(7)6-14(16,17)18)12(25)22-8-3-2-4-9(5-8)28-15(19,20)21/h2-5H,6H2,1H3,(H,22,25)(H,26,27). The van der Waals surface area contributed by atoms with Crippen LogP contribution in [0.25, 0.3) is 0 Å². The number of aromatic nitrogens is 2. The van der Waals surface area contributed by atoms with E-state index < -0.39 is 53.7 Å². The lowest BCUT2D eigenvalue weighted by Gasteiger charge is -2.10. The summed E-state index contributed by atoms with van der Waals surface area (Å²) in [4.78, 5) is 23.6. The van der Waals surface area contributed by atoms with Crippen LogP contribution in [-0.2, 0) is 6.54 Å². The van der Waals surface area contributed by atoms with Crippen LogP contribution in [0.5, 0.6) is 5.75 Å². The van der Waals surface area contributed by atoms with E-state index in [4.69, 9.17) is 0 Å². The minimum absolute atomic E-state index is 0.217. The van der Waals surface area contributed by atoms with Crippen LogP contribution in [-0.4, -0.2) is 39.3 Å². The number of benzene rings is 1. The first-order chi connectivity index (χ1) is 12.8. The Kier molecular flexibility index (Phi) is 5.57. The molecule has 1 aromatic heterocycles. The van der Waals surface area contributed by atoms with Crippen molar-refractivity contribution in [3.8, 4) is 5.75 Å². The highest BCUT2D eigenvalue weighted by Crippen LogP contribution is 2.26. The van der Waals surface area contributed by atoms with Crippen LogP contribution < -0.4 is 10.1 Å². The predicted octanol–water partition coefficient (Wildman–Crippen LogP) is 3.60. The summed E-state index contributed by atoms with van der Waals surface area (Å²) in [5, 5.41) is 14.6. The molecule has 0 radical (unpaired) electrons. The minimum atomic E-state index is -4.98. The maximum Gasteiger partial charge on any atom is 0.573 e. The van der Waals surface area contributed by atoms with Crippen molar-refractivity contribution in [2.75, 3.05) is 5.32 Å². The van der Waals surface area contributed by atoms with Crippen molar-refractivity contribution in [2.24, 2.45) is 0 Å². The fourth-order valence-electron chi connectivity index (χ4n) is 2.25. The van der Waals surface area contributed by atoms with Crippen LogP contribution in [0, 0.1) is 6.92 Å². The summed E-state index contributed by atoms with van der Waals surface area (Å²) >= 11 is 0. The fourth-order valence-corrected chi connectivity index (χ4v) is 2.25. The number of ether oxygens (including phenoxy) is 1. The summed E-state index contributed by atoms with van der Waals surface area (Å²) in [5.41, 5.74) is -2.21. The van der Waals surface area contributed by atoms with Crippen LogP contribution >= 0.6 is 0 Å². The van der Waals surface area contributed by atoms with E-state index in [1.165, 1.54) is 6.07 Å². The lowest BCUT2D eigenvalue weighted by molar-refractivity contribution is -0.274. The molecule has 0 bridgehead atoms. The summed E-state index contributed by atoms with van der Waals surface area (Å²) in [6.07, 6.45) is -9.70. The molecule has 0 spiro atoms. The second-order valence-corrected chi connectivity index (χ2v) is 5.42. The van der Waals surface area contributed by atoms with E-state index >= 15 is 0 Å². The maximum absolute atomic E-state index is 12.6. The second kappa shape index (κ2) is 7.40. The van der Waals surface area contributed by atoms with Gasteiger partial charge in [0.15, 0.2) is 5.69 Å². The smallest absolute Gasteiger partial charge is 0.478 e. The van der Waals surface area contributed by atoms with Crippen molar-refractivity contribution in [2.45, 2.75) is 26.0 Å². The molecule has 2 N–H and O–H groups in total. The Morgan fingerprint density at radius 2 is 1.86 bits per heavy atom. The molecule has 13 heteroatoms. The van der Waals surface area contributed by atoms with Gasteiger partial charge in [0.1, 0.15) is 17.9 Å². The average molecular weight is 411 g/mol. The molecule has 2 rings (SSSR count). The third-order valence-corrected chi connectivity index (χ3v) is 3.29. The molecule has 2 aromatic rings. The maximum atomic E-state index is 12.6. The fraction of sp³-hybridized carbons (Fsp3) is 0.267. The molecule has 0 fully saturated rings. The van der Waals surface area contributed by atoms with Crippen molar-refractivity contribution in [3.63, 3.8) is 0 Å². The monoisotopic (exact) mass is 411 g/mol. The molecule has 7 nitrogen and oxygen atoms in total. The Morgan fingerprint density at radius 1 is 1.21 bits per heavy atom. The van der Waals surface area contributed by atoms with Gasteiger partial charge in [-0.3, -0.25) is 9.48 Å². The number of carboxylic acids is 1. The third-order valence-electron chi connectivity index (χ3n) is 3.29. The van der Waals surface area contributed by atoms with E-state index in [0.29, 0.717) is 4.68 Å². The summed E-state index contributed by atoms with van der Waals surface area (Å²) in [6, 6.07) is 4.03. The van der Waals surface area contributed by atoms with Gasteiger partial charge < -0.3 is 15.2 Å². The van der Waals surface area contributed by atoms with Crippen molar-refractivity contribution in [1.29, 1.82) is 0 Å². The van der Waals surface area contributed by atoms with Gasteiger partial charge in [-0.15, -0.1) is 13.2 Å². The Morgan fingerprint density at radius 3 is 2.39 bits per heavy atom. The lowest BCUT2D eigenvalue weighted by atomic mass is 10.1. The van der Waals surface area contributed by atoms with Crippen LogP contribution in [0.15, 0.2) is 24.3 Å². The van der Waals surface area contributed by atoms with E-state index in [1.807, 2.05) is 0 Å². The highest BCUT2D eigenvalue weighted by Gasteiger charge is 2.33. The molecule has 0 aliphatic rings. The van der Waals surface area contributed by atoms with Gasteiger partial charge in [0, 0.05) is 11.8 Å². The van der Waals surface area contributed by atoms with Crippen molar-refractivity contribution in [3.05, 3.63) is 41.2 Å². The van der Waals surface area contributed by atoms with E-state index in [0.717, 1.165) is 25.1 Å². The van der Waals surface area contributed by atoms with Crippen LogP contribution in [0.1, 0.15) is 26.5 Å². The zero-order valence-electron chi connectivity index (χ0n) is 13.9. The third kappa shape index (κ3) is 5.37. The van der Waals surface area contributed by atoms with Crippen molar-refractivity contribution in [1.82, 2.24) is 9.78 Å². The number of halogens is 6. The Hall–Kier alpha value is -3.25. The number of carbonyl (C=O) groups excluding carboxylic acids is 1. The number of nitrogens with one attached hydrogen (secondary N) is 1. The summed E-state index contributed by atoms with van der Waals surface area (Å²) in [6.45, 7) is -0.585. The molecule has 0 atom stereocenters. The molecule has 1 amide bonds. The SMILES string of the molecule is Cc1c(C(=O)O)c(C(=O)Nc2cccc(OC(F)(F)F)c2)nn1CC(F)(F)F. The van der Waals surface area contributed by atoms with E-state index in [1.54, 1.807) is 0 Å². The number of hydrogen-bond donors (Lipinski definition) is 2. The van der Waals surface area contributed by atoms with Gasteiger partial charge in [0.05, 0.1) is 5.69 Å². The van der Waals surface area contributed by atoms with E-state index in [9.17, 15) is 41.0 Å². The number of amides is 1. The minimum Gasteiger partial charge on any atom is -0.478 e. The molecule has 1 aromatic carbocycles. The molecule has 1 heterocycles. The highest BCUT2D eigenvalue weighted by atomic mass is 19.4. The van der Waals surface area contributed by atoms with Crippen LogP contribution in [0.2, 0.25) is 0 Å². The quantitative estimate of drug-likeness (QED) is 0.734. The number of anilines is 1. The second-order valence-electron chi connectivity index (χ2n) is 5.42. The Balaban J connectivity index is 2.33. The van der Waals surface area contributed by atoms with Gasteiger partial charge in [0.2, 0.25) is 0 Å². The van der Waals surface area contributed by atoms with Gasteiger partial charge in [-0.05, 0) is 19.1 Å². The van der Waals surface area contributed by atoms with Crippen LogP contribution in [0.4, 0.5) is 32.0 Å². The predicted molar refractivity (Wildman–Crippen MR) is 81.1 cm³/mol. The summed E-state index contributed by atoms with van der Waals surface area (Å²) in [5.74, 6) is -3.57. The highest BCUT2D eigenvalue weighted by molar-refractivity contribution is 6.09. The normalized spacial score (nSPS) is 12.0. The van der Waals surface area contributed by atoms with Gasteiger partial charge in [0.25, 0.3) is 5.91 Å². The molecule has 0 unspecified atom stereocenters. The van der Waals surface area contributed by atoms with Crippen LogP contribution in [0.3, 0.4) is 0 Å². The number of carbonyl (C=O) groups is 2. The number of aromatic carboxylic acids is 1. The number of nitrogens with zero attached hydrogens (tertiary/aromatic N) is 2. The molecular formula is C15H11F6N3O4. The molecule has 28 heavy (non-hydrogen) atoms. The Bertz CT molecular complexity index is 904. The topological polar surface area (TPSA) is 93.4 Å². The molecule has 152 valence electrons. The molecule has 0 aliphatic heterocycles.